The molecule has 0 aliphatic heterocycles. The highest BCUT2D eigenvalue weighted by Gasteiger charge is 2.22. The monoisotopic (exact) mass is 265 g/mol. The Morgan fingerprint density at radius 3 is 2.83 bits per heavy atom. The number of allylic oxidation sites excluding steroid dienone is 2. The van der Waals surface area contributed by atoms with E-state index in [1.807, 2.05) is 6.08 Å². The van der Waals surface area contributed by atoms with Crippen molar-refractivity contribution in [2.75, 3.05) is 5.32 Å². The quantitative estimate of drug-likeness (QED) is 0.825. The van der Waals surface area contributed by atoms with Gasteiger partial charge in [-0.3, -0.25) is 4.79 Å². The molecule has 1 aromatic heterocycles. The van der Waals surface area contributed by atoms with Crippen molar-refractivity contribution in [1.29, 1.82) is 0 Å². The summed E-state index contributed by atoms with van der Waals surface area (Å²) in [4.78, 5) is 23.3. The van der Waals surface area contributed by atoms with E-state index in [2.05, 4.69) is 11.4 Å². The van der Waals surface area contributed by atoms with Crippen LogP contribution in [-0.2, 0) is 4.79 Å². The molecule has 0 saturated heterocycles. The van der Waals surface area contributed by atoms with Crippen molar-refractivity contribution in [2.45, 2.75) is 26.2 Å². The van der Waals surface area contributed by atoms with Crippen molar-refractivity contribution < 1.29 is 14.7 Å². The van der Waals surface area contributed by atoms with Crippen molar-refractivity contribution in [3.63, 3.8) is 0 Å². The number of carbonyl (C=O) groups is 2. The van der Waals surface area contributed by atoms with Crippen LogP contribution in [0.4, 0.5) is 5.69 Å². The fourth-order valence-electron chi connectivity index (χ4n) is 2.01. The van der Waals surface area contributed by atoms with Gasteiger partial charge in [0.05, 0.1) is 5.69 Å². The second-order valence-electron chi connectivity index (χ2n) is 4.40. The van der Waals surface area contributed by atoms with Gasteiger partial charge in [0.15, 0.2) is 0 Å². The second kappa shape index (κ2) is 5.35. The molecule has 2 rings (SSSR count). The van der Waals surface area contributed by atoms with E-state index < -0.39 is 5.97 Å². The zero-order valence-electron chi connectivity index (χ0n) is 10.1. The molecule has 0 fully saturated rings. The zero-order valence-corrected chi connectivity index (χ0v) is 10.9. The first-order valence-corrected chi connectivity index (χ1v) is 6.75. The van der Waals surface area contributed by atoms with E-state index in [9.17, 15) is 9.59 Å². The number of rotatable bonds is 3. The molecule has 0 radical (unpaired) electrons. The summed E-state index contributed by atoms with van der Waals surface area (Å²) in [5.74, 6) is -1.12. The predicted molar refractivity (Wildman–Crippen MR) is 71.1 cm³/mol. The second-order valence-corrected chi connectivity index (χ2v) is 5.28. The Bertz CT molecular complexity index is 504. The highest BCUT2D eigenvalue weighted by Crippen LogP contribution is 2.29. The zero-order chi connectivity index (χ0) is 13.1. The lowest BCUT2D eigenvalue weighted by atomic mass is 9.93. The number of aryl methyl sites for hydroxylation is 1. The maximum absolute atomic E-state index is 12.1. The molecule has 96 valence electrons. The van der Waals surface area contributed by atoms with Gasteiger partial charge in [-0.05, 0) is 37.1 Å². The molecule has 18 heavy (non-hydrogen) atoms. The number of hydrogen-bond acceptors (Lipinski definition) is 3. The van der Waals surface area contributed by atoms with Crippen LogP contribution in [0, 0.1) is 12.8 Å². The van der Waals surface area contributed by atoms with Gasteiger partial charge >= 0.3 is 5.97 Å². The van der Waals surface area contributed by atoms with E-state index in [-0.39, 0.29) is 16.7 Å². The van der Waals surface area contributed by atoms with Crippen LogP contribution in [0.2, 0.25) is 0 Å². The lowest BCUT2D eigenvalue weighted by Gasteiger charge is -2.17. The number of carboxylic acid groups (broad SMARTS) is 1. The lowest BCUT2D eigenvalue weighted by molar-refractivity contribution is -0.120. The summed E-state index contributed by atoms with van der Waals surface area (Å²) in [5.41, 5.74) is 1.25. The van der Waals surface area contributed by atoms with Crippen LogP contribution >= 0.6 is 11.3 Å². The van der Waals surface area contributed by atoms with E-state index in [0.717, 1.165) is 36.2 Å². The average Bonchev–Trinajstić information content (AvgIpc) is 2.72. The van der Waals surface area contributed by atoms with Crippen molar-refractivity contribution in [3.05, 3.63) is 28.0 Å². The topological polar surface area (TPSA) is 66.4 Å². The molecule has 2 N–H and O–H groups in total. The van der Waals surface area contributed by atoms with Gasteiger partial charge < -0.3 is 10.4 Å². The van der Waals surface area contributed by atoms with Crippen LogP contribution in [0.15, 0.2) is 17.5 Å². The molecule has 1 atom stereocenters. The molecular formula is C13H15NO3S. The number of amides is 1. The summed E-state index contributed by atoms with van der Waals surface area (Å²) in [6.45, 7) is 1.80. The summed E-state index contributed by atoms with van der Waals surface area (Å²) in [7, 11) is 0. The van der Waals surface area contributed by atoms with Crippen LogP contribution in [0.5, 0.6) is 0 Å². The van der Waals surface area contributed by atoms with Crippen molar-refractivity contribution in [1.82, 2.24) is 0 Å². The largest absolute Gasteiger partial charge is 0.477 e. The first-order valence-electron chi connectivity index (χ1n) is 5.87. The number of aromatic carboxylic acids is 1. The molecule has 0 spiro atoms. The van der Waals surface area contributed by atoms with Gasteiger partial charge in [0, 0.05) is 5.92 Å². The fourth-order valence-corrected chi connectivity index (χ4v) is 2.86. The van der Waals surface area contributed by atoms with Crippen molar-refractivity contribution in [3.8, 4) is 0 Å². The number of hydrogen-bond donors (Lipinski definition) is 2. The average molecular weight is 265 g/mol. The fraction of sp³-hybridized carbons (Fsp3) is 0.385. The molecule has 0 saturated carbocycles. The van der Waals surface area contributed by atoms with E-state index in [4.69, 9.17) is 5.11 Å². The molecule has 1 unspecified atom stereocenters. The lowest BCUT2D eigenvalue weighted by Crippen LogP contribution is -2.24. The van der Waals surface area contributed by atoms with Gasteiger partial charge in [0.25, 0.3) is 0 Å². The third kappa shape index (κ3) is 2.61. The minimum atomic E-state index is -0.994. The first-order chi connectivity index (χ1) is 8.59. The summed E-state index contributed by atoms with van der Waals surface area (Å²) in [6, 6.07) is 0. The number of carbonyl (C=O) groups excluding carboxylic acids is 1. The highest BCUT2D eigenvalue weighted by atomic mass is 32.1. The normalized spacial score (nSPS) is 18.6. The number of carboxylic acids is 1. The van der Waals surface area contributed by atoms with Gasteiger partial charge in [-0.1, -0.05) is 12.2 Å². The Balaban J connectivity index is 2.13. The molecule has 0 bridgehead atoms. The highest BCUT2D eigenvalue weighted by molar-refractivity contribution is 7.12. The van der Waals surface area contributed by atoms with Crippen LogP contribution in [0.25, 0.3) is 0 Å². The van der Waals surface area contributed by atoms with Crippen molar-refractivity contribution >= 4 is 28.9 Å². The third-order valence-electron chi connectivity index (χ3n) is 3.06. The van der Waals surface area contributed by atoms with Gasteiger partial charge in [0.2, 0.25) is 5.91 Å². The Labute approximate surface area is 109 Å². The van der Waals surface area contributed by atoms with Crippen molar-refractivity contribution in [2.24, 2.45) is 5.92 Å². The number of thiophene rings is 1. The Kier molecular flexibility index (Phi) is 3.81. The van der Waals surface area contributed by atoms with Crippen LogP contribution in [-0.4, -0.2) is 17.0 Å². The molecule has 5 heteroatoms. The Hall–Kier alpha value is -1.62. The van der Waals surface area contributed by atoms with Crippen LogP contribution in [0.3, 0.4) is 0 Å². The summed E-state index contributed by atoms with van der Waals surface area (Å²) in [5, 5.41) is 13.6. The summed E-state index contributed by atoms with van der Waals surface area (Å²) < 4.78 is 0. The molecule has 0 aromatic carbocycles. The van der Waals surface area contributed by atoms with Gasteiger partial charge in [-0.15, -0.1) is 11.3 Å². The van der Waals surface area contributed by atoms with E-state index in [0.29, 0.717) is 5.69 Å². The van der Waals surface area contributed by atoms with E-state index >= 15 is 0 Å². The summed E-state index contributed by atoms with van der Waals surface area (Å²) >= 11 is 1.14. The number of nitrogens with one attached hydrogen (secondary N) is 1. The molecule has 1 heterocycles. The van der Waals surface area contributed by atoms with Gasteiger partial charge in [-0.2, -0.15) is 0 Å². The SMILES string of the molecule is Cc1csc(C(=O)O)c1NC(=O)C1CC=CCC1. The number of anilines is 1. The molecule has 4 nitrogen and oxygen atoms in total. The van der Waals surface area contributed by atoms with Gasteiger partial charge in [0.1, 0.15) is 4.88 Å². The smallest absolute Gasteiger partial charge is 0.348 e. The summed E-state index contributed by atoms with van der Waals surface area (Å²) in [6.07, 6.45) is 6.55. The van der Waals surface area contributed by atoms with E-state index in [1.54, 1.807) is 12.3 Å². The van der Waals surface area contributed by atoms with Gasteiger partial charge in [-0.25, -0.2) is 4.79 Å². The molecule has 1 aromatic rings. The third-order valence-corrected chi connectivity index (χ3v) is 4.14. The first kappa shape index (κ1) is 12.8. The Morgan fingerprint density at radius 1 is 1.44 bits per heavy atom. The maximum Gasteiger partial charge on any atom is 0.348 e. The van der Waals surface area contributed by atoms with Crippen LogP contribution in [0.1, 0.15) is 34.5 Å². The Morgan fingerprint density at radius 2 is 2.22 bits per heavy atom. The predicted octanol–water partition coefficient (Wildman–Crippen LogP) is 3.05. The standard InChI is InChI=1S/C13H15NO3S/c1-8-7-18-11(13(16)17)10(8)14-12(15)9-5-3-2-4-6-9/h2-3,7,9H,4-6H2,1H3,(H,14,15)(H,16,17). The molecule has 1 aliphatic carbocycles. The van der Waals surface area contributed by atoms with Crippen LogP contribution < -0.4 is 5.32 Å². The minimum absolute atomic E-state index is 0.0454. The van der Waals surface area contributed by atoms with E-state index in [1.165, 1.54) is 0 Å². The molecule has 1 aliphatic rings. The molecular weight excluding hydrogens is 250 g/mol. The molecule has 1 amide bonds. The minimum Gasteiger partial charge on any atom is -0.477 e. The maximum atomic E-state index is 12.1.